The molecule has 7 nitrogen and oxygen atoms in total. The molecule has 2 rings (SSSR count). The van der Waals surface area contributed by atoms with E-state index >= 15 is 0 Å². The zero-order valence-corrected chi connectivity index (χ0v) is 10.8. The quantitative estimate of drug-likeness (QED) is 0.546. The third kappa shape index (κ3) is 2.50. The molecule has 0 amide bonds. The van der Waals surface area contributed by atoms with Gasteiger partial charge in [-0.1, -0.05) is 0 Å². The first-order valence-electron chi connectivity index (χ1n) is 5.94. The second kappa shape index (κ2) is 5.70. The summed E-state index contributed by atoms with van der Waals surface area (Å²) in [5.74, 6) is 0.703. The van der Waals surface area contributed by atoms with E-state index < -0.39 is 24.3 Å². The molecule has 1 aliphatic heterocycles. The van der Waals surface area contributed by atoms with Crippen molar-refractivity contribution >= 4 is 0 Å². The molecule has 4 atom stereocenters. The third-order valence-electron chi connectivity index (χ3n) is 3.30. The molecule has 2 heterocycles. The van der Waals surface area contributed by atoms with Crippen molar-refractivity contribution in [2.45, 2.75) is 24.3 Å². The zero-order valence-electron chi connectivity index (χ0n) is 10.8. The maximum Gasteiger partial charge on any atom is 0.221 e. The van der Waals surface area contributed by atoms with Crippen LogP contribution in [0.5, 0.6) is 11.8 Å². The molecule has 1 aromatic rings. The number of rotatable bonds is 4. The molecule has 7 heteroatoms. The zero-order chi connectivity index (χ0) is 14.0. The first-order chi connectivity index (χ1) is 9.12. The van der Waals surface area contributed by atoms with Crippen LogP contribution in [0.2, 0.25) is 0 Å². The molecule has 0 radical (unpaired) electrons. The number of hydrogen-bond donors (Lipinski definition) is 4. The van der Waals surface area contributed by atoms with Gasteiger partial charge in [-0.15, -0.1) is 0 Å². The lowest BCUT2D eigenvalue weighted by molar-refractivity contribution is 0.0191. The fourth-order valence-electron chi connectivity index (χ4n) is 2.25. The number of aromatic nitrogens is 1. The minimum Gasteiger partial charge on any atom is -0.481 e. The molecular formula is C12H18N2O5. The van der Waals surface area contributed by atoms with Crippen LogP contribution in [0, 0.1) is 0 Å². The van der Waals surface area contributed by atoms with E-state index in [4.69, 9.17) is 14.6 Å². The van der Waals surface area contributed by atoms with Gasteiger partial charge in [-0.2, -0.15) is 4.98 Å². The number of hydrogen-bond acceptors (Lipinski definition) is 7. The van der Waals surface area contributed by atoms with Crippen LogP contribution in [0.25, 0.3) is 0 Å². The Morgan fingerprint density at radius 3 is 2.47 bits per heavy atom. The van der Waals surface area contributed by atoms with Gasteiger partial charge in [-0.25, -0.2) is 0 Å². The van der Waals surface area contributed by atoms with E-state index in [0.717, 1.165) is 0 Å². The summed E-state index contributed by atoms with van der Waals surface area (Å²) in [6.07, 6.45) is -2.08. The van der Waals surface area contributed by atoms with Gasteiger partial charge in [0, 0.05) is 11.6 Å². The normalized spacial score (nSPS) is 30.4. The van der Waals surface area contributed by atoms with Crippen LogP contribution in [-0.4, -0.2) is 59.4 Å². The van der Waals surface area contributed by atoms with Crippen molar-refractivity contribution in [3.63, 3.8) is 0 Å². The number of ether oxygens (including phenoxy) is 2. The van der Waals surface area contributed by atoms with Crippen molar-refractivity contribution in [2.24, 2.45) is 0 Å². The summed E-state index contributed by atoms with van der Waals surface area (Å²) < 4.78 is 10.2. The molecule has 0 aromatic carbocycles. The maximum absolute atomic E-state index is 10.0. The summed E-state index contributed by atoms with van der Waals surface area (Å²) in [4.78, 5) is 4.12. The average molecular weight is 270 g/mol. The SMILES string of the molecule is COc1ccc([C@@H]2N[C@H](CO)[C@@H](O)C2O)c(OC)n1. The molecule has 4 N–H and O–H groups in total. The van der Waals surface area contributed by atoms with Gasteiger partial charge in [0.1, 0.15) is 6.10 Å². The van der Waals surface area contributed by atoms with E-state index in [1.165, 1.54) is 14.2 Å². The summed E-state index contributed by atoms with van der Waals surface area (Å²) in [7, 11) is 2.96. The van der Waals surface area contributed by atoms with Crippen molar-refractivity contribution in [1.29, 1.82) is 0 Å². The highest BCUT2D eigenvalue weighted by Gasteiger charge is 2.42. The van der Waals surface area contributed by atoms with Crippen LogP contribution in [0.1, 0.15) is 11.6 Å². The summed E-state index contributed by atoms with van der Waals surface area (Å²) in [6.45, 7) is -0.263. The van der Waals surface area contributed by atoms with E-state index in [1.807, 2.05) is 0 Å². The Hall–Kier alpha value is -1.41. The van der Waals surface area contributed by atoms with Crippen LogP contribution in [0.3, 0.4) is 0 Å². The van der Waals surface area contributed by atoms with Crippen LogP contribution >= 0.6 is 0 Å². The van der Waals surface area contributed by atoms with Gasteiger partial charge in [0.25, 0.3) is 0 Å². The van der Waals surface area contributed by atoms with E-state index in [1.54, 1.807) is 12.1 Å². The van der Waals surface area contributed by atoms with Crippen molar-refractivity contribution in [3.8, 4) is 11.8 Å². The van der Waals surface area contributed by atoms with Gasteiger partial charge in [-0.05, 0) is 6.07 Å². The Balaban J connectivity index is 2.31. The molecule has 1 aromatic heterocycles. The van der Waals surface area contributed by atoms with Crippen molar-refractivity contribution in [3.05, 3.63) is 17.7 Å². The third-order valence-corrected chi connectivity index (χ3v) is 3.30. The first kappa shape index (κ1) is 14.0. The molecule has 0 spiro atoms. The van der Waals surface area contributed by atoms with Gasteiger partial charge in [0.15, 0.2) is 0 Å². The molecule has 1 saturated heterocycles. The highest BCUT2D eigenvalue weighted by atomic mass is 16.5. The predicted molar refractivity (Wildman–Crippen MR) is 66.1 cm³/mol. The van der Waals surface area contributed by atoms with Crippen molar-refractivity contribution < 1.29 is 24.8 Å². The second-order valence-electron chi connectivity index (χ2n) is 4.37. The van der Waals surface area contributed by atoms with Crippen LogP contribution in [0.4, 0.5) is 0 Å². The van der Waals surface area contributed by atoms with Crippen LogP contribution in [0.15, 0.2) is 12.1 Å². The first-order valence-corrected chi connectivity index (χ1v) is 5.94. The minimum atomic E-state index is -1.04. The van der Waals surface area contributed by atoms with E-state index in [2.05, 4.69) is 10.3 Å². The molecule has 1 aliphatic rings. The van der Waals surface area contributed by atoms with Gasteiger partial charge in [0.05, 0.1) is 39.0 Å². The molecule has 1 unspecified atom stereocenters. The summed E-state index contributed by atoms with van der Waals surface area (Å²) >= 11 is 0. The lowest BCUT2D eigenvalue weighted by Gasteiger charge is -2.18. The van der Waals surface area contributed by atoms with Crippen LogP contribution in [-0.2, 0) is 0 Å². The Morgan fingerprint density at radius 1 is 1.21 bits per heavy atom. The summed E-state index contributed by atoms with van der Waals surface area (Å²) in [5.41, 5.74) is 0.603. The van der Waals surface area contributed by atoms with Gasteiger partial charge >= 0.3 is 0 Å². The number of aliphatic hydroxyl groups is 3. The van der Waals surface area contributed by atoms with E-state index in [9.17, 15) is 10.2 Å². The fraction of sp³-hybridized carbons (Fsp3) is 0.583. The number of nitrogens with one attached hydrogen (secondary N) is 1. The lowest BCUT2D eigenvalue weighted by Crippen LogP contribution is -2.35. The van der Waals surface area contributed by atoms with E-state index in [-0.39, 0.29) is 6.61 Å². The Morgan fingerprint density at radius 2 is 1.95 bits per heavy atom. The van der Waals surface area contributed by atoms with Crippen LogP contribution < -0.4 is 14.8 Å². The summed E-state index contributed by atoms with van der Waals surface area (Å²) in [5, 5.41) is 31.9. The number of methoxy groups -OCH3 is 2. The fourth-order valence-corrected chi connectivity index (χ4v) is 2.25. The smallest absolute Gasteiger partial charge is 0.221 e. The molecule has 106 valence electrons. The Labute approximate surface area is 110 Å². The minimum absolute atomic E-state index is 0.263. The Kier molecular flexibility index (Phi) is 4.20. The number of aliphatic hydroxyl groups excluding tert-OH is 3. The van der Waals surface area contributed by atoms with Gasteiger partial charge < -0.3 is 30.1 Å². The average Bonchev–Trinajstić information content (AvgIpc) is 2.74. The topological polar surface area (TPSA) is 104 Å². The molecule has 0 saturated carbocycles. The van der Waals surface area contributed by atoms with E-state index in [0.29, 0.717) is 17.3 Å². The lowest BCUT2D eigenvalue weighted by atomic mass is 10.0. The molecule has 0 aliphatic carbocycles. The molecule has 1 fully saturated rings. The Bertz CT molecular complexity index is 442. The van der Waals surface area contributed by atoms with Crippen molar-refractivity contribution in [2.75, 3.05) is 20.8 Å². The second-order valence-corrected chi connectivity index (χ2v) is 4.37. The monoisotopic (exact) mass is 270 g/mol. The molecule has 19 heavy (non-hydrogen) atoms. The standard InChI is InChI=1S/C12H18N2O5/c1-18-8-4-3-6(12(14-8)19-2)9-11(17)10(16)7(5-15)13-9/h3-4,7,9-11,13,15-17H,5H2,1-2H3/t7-,9+,10-,11?/m1/s1. The predicted octanol–water partition coefficient (Wildman–Crippen LogP) is -1.17. The highest BCUT2D eigenvalue weighted by Crippen LogP contribution is 2.33. The van der Waals surface area contributed by atoms with Crippen molar-refractivity contribution in [1.82, 2.24) is 10.3 Å². The number of pyridine rings is 1. The number of nitrogens with zero attached hydrogens (tertiary/aromatic N) is 1. The highest BCUT2D eigenvalue weighted by molar-refractivity contribution is 5.35. The molecule has 0 bridgehead atoms. The maximum atomic E-state index is 10.0. The summed E-state index contributed by atoms with van der Waals surface area (Å²) in [6, 6.07) is 2.22. The molecular weight excluding hydrogens is 252 g/mol. The van der Waals surface area contributed by atoms with Gasteiger partial charge in [-0.3, -0.25) is 0 Å². The largest absolute Gasteiger partial charge is 0.481 e. The van der Waals surface area contributed by atoms with Gasteiger partial charge in [0.2, 0.25) is 11.8 Å².